The number of carbonyl (C=O) groups excluding carboxylic acids is 1. The number of ether oxygens (including phenoxy) is 1. The molecule has 1 aromatic heterocycles. The largest absolute Gasteiger partial charge is 0.497 e. The van der Waals surface area contributed by atoms with Gasteiger partial charge in [-0.2, -0.15) is 9.37 Å². The fourth-order valence-corrected chi connectivity index (χ4v) is 2.01. The van der Waals surface area contributed by atoms with Crippen LogP contribution in [0.15, 0.2) is 35.5 Å². The normalized spacial score (nSPS) is 9.56. The number of benzene rings is 1. The summed E-state index contributed by atoms with van der Waals surface area (Å²) in [5, 5.41) is 0. The van der Waals surface area contributed by atoms with Gasteiger partial charge in [-0.15, -0.1) is 0 Å². The van der Waals surface area contributed by atoms with Crippen molar-refractivity contribution in [3.8, 4) is 16.2 Å². The smallest absolute Gasteiger partial charge is 0.240 e. The van der Waals surface area contributed by atoms with Gasteiger partial charge in [-0.3, -0.25) is 0 Å². The average Bonchev–Trinajstić information content (AvgIpc) is 2.78. The molecule has 4 nitrogen and oxygen atoms in total. The molecule has 0 bridgehead atoms. The highest BCUT2D eigenvalue weighted by molar-refractivity contribution is 7.10. The van der Waals surface area contributed by atoms with Gasteiger partial charge in [0.2, 0.25) is 6.08 Å². The van der Waals surface area contributed by atoms with E-state index in [1.807, 2.05) is 24.3 Å². The Hall–Kier alpha value is -1.97. The second-order valence-electron chi connectivity index (χ2n) is 2.98. The van der Waals surface area contributed by atoms with Crippen LogP contribution in [0.25, 0.3) is 10.4 Å². The summed E-state index contributed by atoms with van der Waals surface area (Å²) >= 11 is 1.28. The molecule has 1 aromatic carbocycles. The Morgan fingerprint density at radius 2 is 2.38 bits per heavy atom. The summed E-state index contributed by atoms with van der Waals surface area (Å²) in [6.07, 6.45) is 3.07. The van der Waals surface area contributed by atoms with E-state index in [4.69, 9.17) is 4.74 Å². The van der Waals surface area contributed by atoms with Gasteiger partial charge in [0.25, 0.3) is 0 Å². The SMILES string of the molecule is COc1cccc(-c2sncc2N=C=O)c1. The van der Waals surface area contributed by atoms with Crippen molar-refractivity contribution in [2.45, 2.75) is 0 Å². The standard InChI is InChI=1S/C11H8N2O2S/c1-15-9-4-2-3-8(5-9)11-10(12-7-14)6-13-16-11/h2-6H,1H3. The zero-order chi connectivity index (χ0) is 11.4. The molecule has 0 atom stereocenters. The van der Waals surface area contributed by atoms with Crippen LogP contribution in [-0.2, 0) is 4.79 Å². The third kappa shape index (κ3) is 2.00. The molecule has 2 rings (SSSR count). The average molecular weight is 232 g/mol. The van der Waals surface area contributed by atoms with Crippen LogP contribution in [0.1, 0.15) is 0 Å². The molecule has 0 radical (unpaired) electrons. The fraction of sp³-hybridized carbons (Fsp3) is 0.0909. The molecule has 5 heteroatoms. The molecule has 0 aliphatic heterocycles. The lowest BCUT2D eigenvalue weighted by Gasteiger charge is -2.02. The van der Waals surface area contributed by atoms with Crippen LogP contribution < -0.4 is 4.74 Å². The monoisotopic (exact) mass is 232 g/mol. The first kappa shape index (κ1) is 10.5. The van der Waals surface area contributed by atoms with Crippen LogP contribution in [-0.4, -0.2) is 17.6 Å². The van der Waals surface area contributed by atoms with Gasteiger partial charge in [-0.05, 0) is 29.2 Å². The molecule has 16 heavy (non-hydrogen) atoms. The van der Waals surface area contributed by atoms with E-state index in [-0.39, 0.29) is 0 Å². The Morgan fingerprint density at radius 1 is 1.50 bits per heavy atom. The third-order valence-electron chi connectivity index (χ3n) is 2.05. The summed E-state index contributed by atoms with van der Waals surface area (Å²) in [5.41, 5.74) is 1.46. The minimum absolute atomic E-state index is 0.535. The molecule has 0 saturated carbocycles. The van der Waals surface area contributed by atoms with Crippen LogP contribution in [0.4, 0.5) is 5.69 Å². The maximum atomic E-state index is 10.2. The molecular formula is C11H8N2O2S. The molecule has 0 fully saturated rings. The summed E-state index contributed by atoms with van der Waals surface area (Å²) < 4.78 is 9.13. The van der Waals surface area contributed by atoms with Crippen LogP contribution >= 0.6 is 11.5 Å². The fourth-order valence-electron chi connectivity index (χ4n) is 1.33. The zero-order valence-electron chi connectivity index (χ0n) is 8.51. The topological polar surface area (TPSA) is 51.6 Å². The zero-order valence-corrected chi connectivity index (χ0v) is 9.32. The van der Waals surface area contributed by atoms with E-state index in [1.54, 1.807) is 13.3 Å². The van der Waals surface area contributed by atoms with Crippen molar-refractivity contribution in [1.29, 1.82) is 0 Å². The quantitative estimate of drug-likeness (QED) is 0.604. The molecule has 80 valence electrons. The van der Waals surface area contributed by atoms with Crippen LogP contribution in [0.5, 0.6) is 5.75 Å². The highest BCUT2D eigenvalue weighted by Gasteiger charge is 2.08. The molecule has 0 aliphatic rings. The highest BCUT2D eigenvalue weighted by Crippen LogP contribution is 2.34. The summed E-state index contributed by atoms with van der Waals surface area (Å²) in [6.45, 7) is 0. The van der Waals surface area contributed by atoms with Gasteiger partial charge < -0.3 is 4.74 Å². The van der Waals surface area contributed by atoms with Gasteiger partial charge in [0, 0.05) is 0 Å². The minimum Gasteiger partial charge on any atom is -0.497 e. The van der Waals surface area contributed by atoms with Crippen molar-refractivity contribution in [2.75, 3.05) is 7.11 Å². The predicted octanol–water partition coefficient (Wildman–Crippen LogP) is 2.79. The highest BCUT2D eigenvalue weighted by atomic mass is 32.1. The molecule has 0 spiro atoms. The van der Waals surface area contributed by atoms with E-state index < -0.39 is 0 Å². The molecule has 2 aromatic rings. The van der Waals surface area contributed by atoms with E-state index >= 15 is 0 Å². The molecule has 0 saturated heterocycles. The molecule has 0 amide bonds. The number of rotatable bonds is 3. The number of aromatic nitrogens is 1. The Kier molecular flexibility index (Phi) is 3.10. The van der Waals surface area contributed by atoms with Gasteiger partial charge in [0.15, 0.2) is 0 Å². The van der Waals surface area contributed by atoms with E-state index in [0.29, 0.717) is 5.69 Å². The van der Waals surface area contributed by atoms with Crippen LogP contribution in [0, 0.1) is 0 Å². The van der Waals surface area contributed by atoms with E-state index in [2.05, 4.69) is 9.37 Å². The Labute approximate surface area is 96.4 Å². The molecule has 0 unspecified atom stereocenters. The molecular weight excluding hydrogens is 224 g/mol. The van der Waals surface area contributed by atoms with Gasteiger partial charge in [0.05, 0.1) is 18.2 Å². The minimum atomic E-state index is 0.535. The van der Waals surface area contributed by atoms with Gasteiger partial charge >= 0.3 is 0 Å². The molecule has 0 N–H and O–H groups in total. The van der Waals surface area contributed by atoms with Crippen molar-refractivity contribution >= 4 is 23.3 Å². The second kappa shape index (κ2) is 4.70. The van der Waals surface area contributed by atoms with Gasteiger partial charge in [-0.25, -0.2) is 4.79 Å². The summed E-state index contributed by atoms with van der Waals surface area (Å²) in [6, 6.07) is 7.52. The number of hydrogen-bond donors (Lipinski definition) is 0. The predicted molar refractivity (Wildman–Crippen MR) is 61.9 cm³/mol. The Balaban J connectivity index is 2.49. The van der Waals surface area contributed by atoms with Crippen molar-refractivity contribution < 1.29 is 9.53 Å². The summed E-state index contributed by atoms with van der Waals surface area (Å²) in [4.78, 5) is 14.7. The first-order valence-electron chi connectivity index (χ1n) is 4.52. The molecule has 0 aliphatic carbocycles. The van der Waals surface area contributed by atoms with Crippen molar-refractivity contribution in [1.82, 2.24) is 4.37 Å². The number of methoxy groups -OCH3 is 1. The lowest BCUT2D eigenvalue weighted by atomic mass is 10.1. The lowest BCUT2D eigenvalue weighted by molar-refractivity contribution is 0.415. The number of hydrogen-bond acceptors (Lipinski definition) is 5. The summed E-state index contributed by atoms with van der Waals surface area (Å²) in [7, 11) is 1.61. The van der Waals surface area contributed by atoms with Crippen LogP contribution in [0.3, 0.4) is 0 Å². The summed E-state index contributed by atoms with van der Waals surface area (Å²) in [5.74, 6) is 0.756. The number of nitrogens with zero attached hydrogens (tertiary/aromatic N) is 2. The first-order valence-corrected chi connectivity index (χ1v) is 5.29. The van der Waals surface area contributed by atoms with Crippen molar-refractivity contribution in [3.05, 3.63) is 30.5 Å². The maximum absolute atomic E-state index is 10.2. The maximum Gasteiger partial charge on any atom is 0.240 e. The second-order valence-corrected chi connectivity index (χ2v) is 3.78. The van der Waals surface area contributed by atoms with E-state index in [1.165, 1.54) is 17.6 Å². The molecule has 1 heterocycles. The van der Waals surface area contributed by atoms with E-state index in [9.17, 15) is 4.79 Å². The van der Waals surface area contributed by atoms with E-state index in [0.717, 1.165) is 16.2 Å². The van der Waals surface area contributed by atoms with Gasteiger partial charge in [0.1, 0.15) is 11.4 Å². The van der Waals surface area contributed by atoms with Gasteiger partial charge in [-0.1, -0.05) is 12.1 Å². The third-order valence-corrected chi connectivity index (χ3v) is 2.89. The Bertz CT molecular complexity index is 544. The van der Waals surface area contributed by atoms with Crippen molar-refractivity contribution in [3.63, 3.8) is 0 Å². The lowest BCUT2D eigenvalue weighted by Crippen LogP contribution is -1.82. The number of aliphatic imine (C=N–C) groups is 1. The first-order chi connectivity index (χ1) is 7.85. The van der Waals surface area contributed by atoms with Crippen LogP contribution in [0.2, 0.25) is 0 Å². The number of isocyanates is 1. The Morgan fingerprint density at radius 3 is 3.12 bits per heavy atom. The van der Waals surface area contributed by atoms with Crippen molar-refractivity contribution in [2.24, 2.45) is 4.99 Å².